The summed E-state index contributed by atoms with van der Waals surface area (Å²) >= 11 is 0.698. The largest absolute Gasteiger partial charge is 0.393 e. The zero-order valence-electron chi connectivity index (χ0n) is 17.1. The van der Waals surface area contributed by atoms with Gasteiger partial charge in [0.05, 0.1) is 16.3 Å². The molecule has 2 aromatic heterocycles. The van der Waals surface area contributed by atoms with Crippen LogP contribution in [0.25, 0.3) is 0 Å². The van der Waals surface area contributed by atoms with Gasteiger partial charge in [-0.1, -0.05) is 37.0 Å². The van der Waals surface area contributed by atoms with Crippen molar-refractivity contribution in [1.29, 1.82) is 0 Å². The SMILES string of the molecule is Cc1cc(S(=O)(=O)C2CC2)c(N)c(=O)n1[C@H](CC1CCCC1)C(=O)Nc1ncc(F)s1. The fraction of sp³-hybridized carbons (Fsp3) is 0.550. The van der Waals surface area contributed by atoms with E-state index in [9.17, 15) is 22.4 Å². The van der Waals surface area contributed by atoms with Crippen LogP contribution in [-0.4, -0.2) is 29.1 Å². The first-order chi connectivity index (χ1) is 14.7. The van der Waals surface area contributed by atoms with Crippen LogP contribution >= 0.6 is 11.3 Å². The number of pyridine rings is 1. The highest BCUT2D eigenvalue weighted by molar-refractivity contribution is 7.92. The molecule has 168 valence electrons. The summed E-state index contributed by atoms with van der Waals surface area (Å²) in [5, 5.41) is 1.66. The lowest BCUT2D eigenvalue weighted by Crippen LogP contribution is -2.37. The van der Waals surface area contributed by atoms with E-state index in [0.717, 1.165) is 31.9 Å². The smallest absolute Gasteiger partial charge is 0.275 e. The summed E-state index contributed by atoms with van der Waals surface area (Å²) in [4.78, 5) is 30.0. The molecule has 0 spiro atoms. The summed E-state index contributed by atoms with van der Waals surface area (Å²) in [6.07, 6.45) is 6.56. The number of sulfone groups is 1. The van der Waals surface area contributed by atoms with Crippen molar-refractivity contribution in [3.63, 3.8) is 0 Å². The van der Waals surface area contributed by atoms with Crippen LogP contribution in [0.2, 0.25) is 0 Å². The van der Waals surface area contributed by atoms with Crippen molar-refractivity contribution in [2.75, 3.05) is 11.1 Å². The molecule has 2 saturated carbocycles. The van der Waals surface area contributed by atoms with Crippen molar-refractivity contribution < 1.29 is 17.6 Å². The van der Waals surface area contributed by atoms with E-state index >= 15 is 0 Å². The van der Waals surface area contributed by atoms with Crippen LogP contribution in [0, 0.1) is 18.0 Å². The number of aromatic nitrogens is 2. The molecule has 2 fully saturated rings. The van der Waals surface area contributed by atoms with Gasteiger partial charge in [0.15, 0.2) is 20.1 Å². The fourth-order valence-electron chi connectivity index (χ4n) is 4.31. The molecular formula is C20H25FN4O4S2. The van der Waals surface area contributed by atoms with E-state index in [0.29, 0.717) is 36.3 Å². The third-order valence-corrected chi connectivity index (χ3v) is 9.06. The zero-order valence-corrected chi connectivity index (χ0v) is 18.8. The van der Waals surface area contributed by atoms with E-state index < -0.39 is 37.7 Å². The molecule has 0 bridgehead atoms. The molecule has 0 saturated heterocycles. The third-order valence-electron chi connectivity index (χ3n) is 6.06. The highest BCUT2D eigenvalue weighted by Gasteiger charge is 2.39. The first-order valence-corrected chi connectivity index (χ1v) is 12.7. The van der Waals surface area contributed by atoms with Gasteiger partial charge in [0, 0.05) is 5.69 Å². The minimum atomic E-state index is -3.66. The first kappa shape index (κ1) is 21.9. The minimum absolute atomic E-state index is 0.102. The Labute approximate surface area is 183 Å². The summed E-state index contributed by atoms with van der Waals surface area (Å²) < 4.78 is 40.0. The Bertz CT molecular complexity index is 1160. The molecule has 2 heterocycles. The lowest BCUT2D eigenvalue weighted by Gasteiger charge is -2.25. The maximum absolute atomic E-state index is 13.3. The lowest BCUT2D eigenvalue weighted by molar-refractivity contribution is -0.119. The minimum Gasteiger partial charge on any atom is -0.393 e. The number of hydrogen-bond donors (Lipinski definition) is 2. The quantitative estimate of drug-likeness (QED) is 0.644. The number of amides is 1. The topological polar surface area (TPSA) is 124 Å². The van der Waals surface area contributed by atoms with Crippen LogP contribution in [-0.2, 0) is 14.6 Å². The fourth-order valence-corrected chi connectivity index (χ4v) is 6.70. The molecule has 2 aliphatic carbocycles. The first-order valence-electron chi connectivity index (χ1n) is 10.4. The maximum atomic E-state index is 13.3. The summed E-state index contributed by atoms with van der Waals surface area (Å²) in [5.41, 5.74) is 5.30. The average molecular weight is 469 g/mol. The Kier molecular flexibility index (Phi) is 5.91. The van der Waals surface area contributed by atoms with Crippen molar-refractivity contribution in [1.82, 2.24) is 9.55 Å². The Morgan fingerprint density at radius 1 is 1.35 bits per heavy atom. The number of carbonyl (C=O) groups is 1. The van der Waals surface area contributed by atoms with Crippen molar-refractivity contribution in [3.8, 4) is 0 Å². The molecule has 2 aromatic rings. The Hall–Kier alpha value is -2.27. The Morgan fingerprint density at radius 3 is 2.61 bits per heavy atom. The summed E-state index contributed by atoms with van der Waals surface area (Å²) in [7, 11) is -3.66. The van der Waals surface area contributed by atoms with Gasteiger partial charge in [-0.2, -0.15) is 4.39 Å². The number of nitrogens with zero attached hydrogens (tertiary/aromatic N) is 2. The van der Waals surface area contributed by atoms with Gasteiger partial charge in [0.25, 0.3) is 5.56 Å². The van der Waals surface area contributed by atoms with Crippen LogP contribution in [0.4, 0.5) is 15.2 Å². The molecule has 2 aliphatic rings. The summed E-state index contributed by atoms with van der Waals surface area (Å²) in [5.74, 6) is -0.241. The molecular weight excluding hydrogens is 443 g/mol. The maximum Gasteiger partial charge on any atom is 0.275 e. The van der Waals surface area contributed by atoms with Gasteiger partial charge in [-0.05, 0) is 38.2 Å². The number of halogens is 1. The molecule has 31 heavy (non-hydrogen) atoms. The number of hydrogen-bond acceptors (Lipinski definition) is 7. The van der Waals surface area contributed by atoms with E-state index in [1.54, 1.807) is 6.92 Å². The van der Waals surface area contributed by atoms with Crippen LogP contribution < -0.4 is 16.6 Å². The highest BCUT2D eigenvalue weighted by atomic mass is 32.2. The normalized spacial score (nSPS) is 18.3. The molecule has 1 amide bonds. The van der Waals surface area contributed by atoms with Gasteiger partial charge in [-0.25, -0.2) is 13.4 Å². The van der Waals surface area contributed by atoms with Gasteiger partial charge < -0.3 is 11.1 Å². The van der Waals surface area contributed by atoms with Crippen LogP contribution in [0.15, 0.2) is 22.0 Å². The summed E-state index contributed by atoms with van der Waals surface area (Å²) in [6, 6.07) is 0.491. The van der Waals surface area contributed by atoms with Gasteiger partial charge in [0.2, 0.25) is 5.91 Å². The number of nitrogen functional groups attached to an aromatic ring is 1. The number of thiazole rings is 1. The summed E-state index contributed by atoms with van der Waals surface area (Å²) in [6.45, 7) is 1.60. The number of carbonyl (C=O) groups excluding carboxylic acids is 1. The molecule has 0 unspecified atom stereocenters. The average Bonchev–Trinajstić information content (AvgIpc) is 3.32. The number of aryl methyl sites for hydroxylation is 1. The number of nitrogens with two attached hydrogens (primary N) is 1. The lowest BCUT2D eigenvalue weighted by atomic mass is 9.97. The standard InChI is InChI=1S/C20H25FN4O4S2/c1-11-8-15(31(28,29)13-6-7-13)17(22)19(27)25(11)14(9-12-4-2-3-5-12)18(26)24-20-23-10-16(21)30-20/h8,10,12-14H,2-7,9,22H2,1H3,(H,23,24,26)/t14-/m1/s1. The molecule has 0 aliphatic heterocycles. The number of rotatable bonds is 7. The van der Waals surface area contributed by atoms with Crippen LogP contribution in [0.5, 0.6) is 0 Å². The van der Waals surface area contributed by atoms with Crippen molar-refractivity contribution in [2.24, 2.45) is 5.92 Å². The molecule has 0 radical (unpaired) electrons. The van der Waals surface area contributed by atoms with E-state index in [-0.39, 0.29) is 21.6 Å². The van der Waals surface area contributed by atoms with Gasteiger partial charge >= 0.3 is 0 Å². The van der Waals surface area contributed by atoms with Crippen molar-refractivity contribution >= 4 is 37.9 Å². The van der Waals surface area contributed by atoms with E-state index in [4.69, 9.17) is 5.73 Å². The van der Waals surface area contributed by atoms with Gasteiger partial charge in [0.1, 0.15) is 11.7 Å². The van der Waals surface area contributed by atoms with Crippen molar-refractivity contribution in [3.05, 3.63) is 33.4 Å². The Morgan fingerprint density at radius 2 is 2.03 bits per heavy atom. The van der Waals surface area contributed by atoms with E-state index in [2.05, 4.69) is 10.3 Å². The van der Waals surface area contributed by atoms with Crippen LogP contribution in [0.3, 0.4) is 0 Å². The molecule has 3 N–H and O–H groups in total. The van der Waals surface area contributed by atoms with E-state index in [1.807, 2.05) is 0 Å². The number of nitrogens with one attached hydrogen (secondary N) is 1. The number of anilines is 2. The molecule has 8 nitrogen and oxygen atoms in total. The monoisotopic (exact) mass is 468 g/mol. The zero-order chi connectivity index (χ0) is 22.3. The van der Waals surface area contributed by atoms with Crippen LogP contribution in [0.1, 0.15) is 56.7 Å². The highest BCUT2D eigenvalue weighted by Crippen LogP contribution is 2.37. The second-order valence-electron chi connectivity index (χ2n) is 8.34. The molecule has 11 heteroatoms. The van der Waals surface area contributed by atoms with E-state index in [1.165, 1.54) is 10.6 Å². The predicted octanol–water partition coefficient (Wildman–Crippen LogP) is 3.03. The van der Waals surface area contributed by atoms with Crippen molar-refractivity contribution in [2.45, 2.75) is 68.1 Å². The molecule has 0 aromatic carbocycles. The van der Waals surface area contributed by atoms with Gasteiger partial charge in [-0.3, -0.25) is 14.2 Å². The third kappa shape index (κ3) is 4.38. The molecule has 4 rings (SSSR count). The molecule has 1 atom stereocenters. The Balaban J connectivity index is 1.74. The second-order valence-corrected chi connectivity index (χ2v) is 11.5. The van der Waals surface area contributed by atoms with Gasteiger partial charge in [-0.15, -0.1) is 0 Å². The predicted molar refractivity (Wildman–Crippen MR) is 116 cm³/mol. The second kappa shape index (κ2) is 8.34.